The fourth-order valence-corrected chi connectivity index (χ4v) is 4.77. The van der Waals surface area contributed by atoms with Crippen molar-refractivity contribution in [1.29, 1.82) is 0 Å². The van der Waals surface area contributed by atoms with Crippen LogP contribution in [0.1, 0.15) is 65.4 Å². The van der Waals surface area contributed by atoms with Gasteiger partial charge < -0.3 is 9.47 Å². The highest BCUT2D eigenvalue weighted by molar-refractivity contribution is 9.10. The predicted octanol–water partition coefficient (Wildman–Crippen LogP) is 6.53. The first-order chi connectivity index (χ1) is 14.2. The average Bonchev–Trinajstić information content (AvgIpc) is 2.72. The van der Waals surface area contributed by atoms with Gasteiger partial charge in [-0.15, -0.1) is 0 Å². The molecule has 0 amide bonds. The highest BCUT2D eigenvalue weighted by Gasteiger charge is 2.34. The minimum atomic E-state index is -0.750. The Kier molecular flexibility index (Phi) is 7.22. The summed E-state index contributed by atoms with van der Waals surface area (Å²) in [6, 6.07) is 12.3. The maximum atomic E-state index is 12.9. The van der Waals surface area contributed by atoms with E-state index in [2.05, 4.69) is 40.2 Å². The Morgan fingerprint density at radius 2 is 1.70 bits per heavy atom. The molecular weight excluding hydrogens is 444 g/mol. The summed E-state index contributed by atoms with van der Waals surface area (Å²) in [5, 5.41) is 2.25. The maximum absolute atomic E-state index is 12.9. The van der Waals surface area contributed by atoms with Crippen LogP contribution in [0.25, 0.3) is 10.8 Å². The Labute approximate surface area is 187 Å². The molecule has 0 N–H and O–H groups in total. The lowest BCUT2D eigenvalue weighted by molar-refractivity contribution is -0.166. The van der Waals surface area contributed by atoms with Gasteiger partial charge in [0.05, 0.1) is 11.8 Å². The van der Waals surface area contributed by atoms with Gasteiger partial charge in [0.15, 0.2) is 0 Å². The molecule has 0 spiro atoms. The summed E-state index contributed by atoms with van der Waals surface area (Å²) in [5.41, 5.74) is 0.200. The van der Waals surface area contributed by atoms with Crippen molar-refractivity contribution in [3.63, 3.8) is 0 Å². The number of hydrogen-bond acceptors (Lipinski definition) is 4. The molecule has 0 bridgehead atoms. The van der Waals surface area contributed by atoms with E-state index < -0.39 is 5.60 Å². The number of halogens is 1. The van der Waals surface area contributed by atoms with Crippen LogP contribution >= 0.6 is 15.9 Å². The van der Waals surface area contributed by atoms with Crippen molar-refractivity contribution in [2.45, 2.75) is 71.5 Å². The third-order valence-corrected chi connectivity index (χ3v) is 6.80. The zero-order valence-electron chi connectivity index (χ0n) is 18.2. The van der Waals surface area contributed by atoms with Crippen molar-refractivity contribution < 1.29 is 19.1 Å². The van der Waals surface area contributed by atoms with Crippen LogP contribution in [0, 0.1) is 11.8 Å². The van der Waals surface area contributed by atoms with E-state index in [-0.39, 0.29) is 29.9 Å². The largest absolute Gasteiger partial charge is 0.462 e. The lowest BCUT2D eigenvalue weighted by atomic mass is 9.87. The summed E-state index contributed by atoms with van der Waals surface area (Å²) >= 11 is 3.65. The summed E-state index contributed by atoms with van der Waals surface area (Å²) in [6.45, 7) is 7.73. The molecule has 0 radical (unpaired) electrons. The third kappa shape index (κ3) is 5.23. The molecule has 1 fully saturated rings. The van der Waals surface area contributed by atoms with E-state index in [0.717, 1.165) is 27.2 Å². The summed E-state index contributed by atoms with van der Waals surface area (Å²) in [4.78, 5) is 24.9. The first kappa shape index (κ1) is 22.8. The molecule has 1 unspecified atom stereocenters. The monoisotopic (exact) mass is 474 g/mol. The Hall–Kier alpha value is -1.88. The van der Waals surface area contributed by atoms with E-state index in [1.54, 1.807) is 0 Å². The van der Waals surface area contributed by atoms with Gasteiger partial charge in [-0.25, -0.2) is 0 Å². The van der Waals surface area contributed by atoms with Crippen LogP contribution in [-0.2, 0) is 24.7 Å². The molecule has 2 aromatic rings. The summed E-state index contributed by atoms with van der Waals surface area (Å²) in [5.74, 6) is -0.534. The van der Waals surface area contributed by atoms with Crippen molar-refractivity contribution in [3.8, 4) is 0 Å². The van der Waals surface area contributed by atoms with Crippen molar-refractivity contribution in [1.82, 2.24) is 0 Å². The zero-order chi connectivity index (χ0) is 21.9. The topological polar surface area (TPSA) is 52.6 Å². The second-order valence-electron chi connectivity index (χ2n) is 8.83. The molecule has 0 aliphatic heterocycles. The molecule has 5 heteroatoms. The number of carbonyl (C=O) groups excluding carboxylic acids is 2. The van der Waals surface area contributed by atoms with Gasteiger partial charge in [-0.3, -0.25) is 9.59 Å². The number of hydrogen-bond donors (Lipinski definition) is 0. The van der Waals surface area contributed by atoms with Gasteiger partial charge in [-0.1, -0.05) is 54.0 Å². The first-order valence-electron chi connectivity index (χ1n) is 10.8. The van der Waals surface area contributed by atoms with E-state index in [4.69, 9.17) is 9.47 Å². The van der Waals surface area contributed by atoms with Crippen molar-refractivity contribution in [3.05, 3.63) is 46.4 Å². The maximum Gasteiger partial charge on any atom is 0.309 e. The molecule has 3 rings (SSSR count). The third-order valence-electron chi connectivity index (χ3n) is 6.14. The van der Waals surface area contributed by atoms with E-state index in [9.17, 15) is 9.59 Å². The van der Waals surface area contributed by atoms with Gasteiger partial charge >= 0.3 is 11.9 Å². The molecule has 1 aliphatic rings. The van der Waals surface area contributed by atoms with Crippen molar-refractivity contribution in [2.24, 2.45) is 11.8 Å². The van der Waals surface area contributed by atoms with Crippen LogP contribution in [0.3, 0.4) is 0 Å². The number of rotatable bonds is 6. The summed E-state index contributed by atoms with van der Waals surface area (Å²) < 4.78 is 12.5. The predicted molar refractivity (Wildman–Crippen MR) is 122 cm³/mol. The van der Waals surface area contributed by atoms with E-state index in [1.807, 2.05) is 39.8 Å². The summed E-state index contributed by atoms with van der Waals surface area (Å²) in [6.07, 6.45) is 3.49. The van der Waals surface area contributed by atoms with Crippen LogP contribution in [-0.4, -0.2) is 18.0 Å². The molecule has 30 heavy (non-hydrogen) atoms. The number of carbonyl (C=O) groups is 2. The van der Waals surface area contributed by atoms with Crippen LogP contribution in [0.15, 0.2) is 40.9 Å². The normalized spacial score (nSPS) is 20.6. The van der Waals surface area contributed by atoms with Crippen LogP contribution in [0.4, 0.5) is 0 Å². The fraction of sp³-hybridized carbons (Fsp3) is 0.520. The first-order valence-corrected chi connectivity index (χ1v) is 11.6. The molecule has 1 saturated carbocycles. The quantitative estimate of drug-likeness (QED) is 0.446. The molecule has 162 valence electrons. The number of benzene rings is 2. The van der Waals surface area contributed by atoms with Crippen LogP contribution in [0.2, 0.25) is 0 Å². The van der Waals surface area contributed by atoms with Crippen LogP contribution in [0.5, 0.6) is 0 Å². The molecule has 0 saturated heterocycles. The van der Waals surface area contributed by atoms with Gasteiger partial charge in [-0.2, -0.15) is 0 Å². The van der Waals surface area contributed by atoms with Gasteiger partial charge in [0.1, 0.15) is 11.7 Å². The number of fused-ring (bicyclic) bond motifs is 1. The highest BCUT2D eigenvalue weighted by Crippen LogP contribution is 2.36. The zero-order valence-corrected chi connectivity index (χ0v) is 19.8. The highest BCUT2D eigenvalue weighted by atomic mass is 79.9. The Morgan fingerprint density at radius 3 is 2.30 bits per heavy atom. The van der Waals surface area contributed by atoms with Crippen LogP contribution < -0.4 is 0 Å². The van der Waals surface area contributed by atoms with E-state index in [0.29, 0.717) is 25.7 Å². The van der Waals surface area contributed by atoms with Gasteiger partial charge in [0, 0.05) is 10.0 Å². The number of ether oxygens (including phenoxy) is 2. The Bertz CT molecular complexity index is 913. The standard InChI is InChI=1S/C25H31BrO4/c1-5-16(2)23(27)29-20-12-10-17(11-13-20)24(28)30-25(3,4)21-14-18-8-6-7-9-19(18)15-22(21)26/h6-9,14-17,20H,5,10-13H2,1-4H3. The lowest BCUT2D eigenvalue weighted by Gasteiger charge is -2.32. The Balaban J connectivity index is 1.62. The van der Waals surface area contributed by atoms with E-state index >= 15 is 0 Å². The van der Waals surface area contributed by atoms with Gasteiger partial charge in [0.2, 0.25) is 0 Å². The summed E-state index contributed by atoms with van der Waals surface area (Å²) in [7, 11) is 0. The molecule has 1 aliphatic carbocycles. The Morgan fingerprint density at radius 1 is 1.10 bits per heavy atom. The fourth-order valence-electron chi connectivity index (χ4n) is 3.93. The minimum Gasteiger partial charge on any atom is -0.462 e. The smallest absolute Gasteiger partial charge is 0.309 e. The van der Waals surface area contributed by atoms with E-state index in [1.165, 1.54) is 0 Å². The molecule has 1 atom stereocenters. The molecule has 0 aromatic heterocycles. The lowest BCUT2D eigenvalue weighted by Crippen LogP contribution is -2.34. The molecule has 0 heterocycles. The molecule has 2 aromatic carbocycles. The average molecular weight is 475 g/mol. The second-order valence-corrected chi connectivity index (χ2v) is 9.68. The molecule has 4 nitrogen and oxygen atoms in total. The second kappa shape index (κ2) is 9.51. The van der Waals surface area contributed by atoms with Gasteiger partial charge in [-0.05, 0) is 68.9 Å². The van der Waals surface area contributed by atoms with Crippen molar-refractivity contribution in [2.75, 3.05) is 0 Å². The molecular formula is C25H31BrO4. The SMILES string of the molecule is CCC(C)C(=O)OC1CCC(C(=O)OC(C)(C)c2cc3ccccc3cc2Br)CC1. The number of esters is 2. The van der Waals surface area contributed by atoms with Crippen molar-refractivity contribution >= 4 is 38.6 Å². The van der Waals surface area contributed by atoms with Gasteiger partial charge in [0.25, 0.3) is 0 Å². The minimum absolute atomic E-state index is 0.0751.